The number of carbonyl (C=O) groups excluding carboxylic acids is 2. The summed E-state index contributed by atoms with van der Waals surface area (Å²) in [4.78, 5) is 24.1. The van der Waals surface area contributed by atoms with Crippen LogP contribution in [-0.2, 0) is 19.1 Å². The van der Waals surface area contributed by atoms with Crippen molar-refractivity contribution in [2.45, 2.75) is 0 Å². The SMILES string of the molecule is COC(=O)C(=CC=C(C(=O)OC)c1ccccc1)c1ccccc1. The maximum atomic E-state index is 12.1. The first-order valence-electron chi connectivity index (χ1n) is 7.37. The Bertz CT molecular complexity index is 691. The molecule has 0 radical (unpaired) electrons. The maximum Gasteiger partial charge on any atom is 0.338 e. The Morgan fingerprint density at radius 1 is 0.667 bits per heavy atom. The van der Waals surface area contributed by atoms with Gasteiger partial charge in [0.25, 0.3) is 0 Å². The molecule has 0 N–H and O–H groups in total. The van der Waals surface area contributed by atoms with Crippen molar-refractivity contribution in [1.82, 2.24) is 0 Å². The molecule has 0 saturated heterocycles. The third-order valence-corrected chi connectivity index (χ3v) is 3.40. The van der Waals surface area contributed by atoms with E-state index in [0.29, 0.717) is 22.3 Å². The first-order chi connectivity index (χ1) is 11.7. The molecular formula is C20H18O4. The second-order valence-corrected chi connectivity index (χ2v) is 4.88. The fraction of sp³-hybridized carbons (Fsp3) is 0.100. The molecule has 0 aromatic heterocycles. The van der Waals surface area contributed by atoms with Gasteiger partial charge >= 0.3 is 11.9 Å². The molecule has 24 heavy (non-hydrogen) atoms. The standard InChI is InChI=1S/C20H18O4/c1-23-19(21)17(15-9-5-3-6-10-15)13-14-18(20(22)24-2)16-11-7-4-8-12-16/h3-14H,1-2H3. The van der Waals surface area contributed by atoms with E-state index < -0.39 is 11.9 Å². The van der Waals surface area contributed by atoms with Crippen LogP contribution in [0.25, 0.3) is 11.1 Å². The maximum absolute atomic E-state index is 12.1. The van der Waals surface area contributed by atoms with Crippen molar-refractivity contribution >= 4 is 23.1 Å². The minimum atomic E-state index is -0.477. The summed E-state index contributed by atoms with van der Waals surface area (Å²) in [7, 11) is 2.64. The van der Waals surface area contributed by atoms with E-state index in [0.717, 1.165) is 0 Å². The lowest BCUT2D eigenvalue weighted by Gasteiger charge is -2.07. The summed E-state index contributed by atoms with van der Waals surface area (Å²) >= 11 is 0. The summed E-state index contributed by atoms with van der Waals surface area (Å²) in [5.41, 5.74) is 2.13. The topological polar surface area (TPSA) is 52.6 Å². The number of benzene rings is 2. The summed E-state index contributed by atoms with van der Waals surface area (Å²) in [5.74, 6) is -0.954. The van der Waals surface area contributed by atoms with E-state index in [-0.39, 0.29) is 0 Å². The fourth-order valence-electron chi connectivity index (χ4n) is 2.19. The lowest BCUT2D eigenvalue weighted by Crippen LogP contribution is -2.05. The van der Waals surface area contributed by atoms with Crippen molar-refractivity contribution in [3.63, 3.8) is 0 Å². The van der Waals surface area contributed by atoms with Gasteiger partial charge in [-0.25, -0.2) is 9.59 Å². The number of hydrogen-bond donors (Lipinski definition) is 0. The number of carbonyl (C=O) groups is 2. The monoisotopic (exact) mass is 322 g/mol. The van der Waals surface area contributed by atoms with Crippen LogP contribution in [0.1, 0.15) is 11.1 Å². The molecule has 2 rings (SSSR count). The third-order valence-electron chi connectivity index (χ3n) is 3.40. The summed E-state index contributed by atoms with van der Waals surface area (Å²) in [5, 5.41) is 0. The van der Waals surface area contributed by atoms with E-state index in [1.807, 2.05) is 36.4 Å². The van der Waals surface area contributed by atoms with Gasteiger partial charge in [-0.2, -0.15) is 0 Å². The van der Waals surface area contributed by atoms with Crippen LogP contribution in [0.5, 0.6) is 0 Å². The molecule has 4 heteroatoms. The Hall–Kier alpha value is -3.14. The summed E-state index contributed by atoms with van der Waals surface area (Å²) < 4.78 is 9.68. The molecule has 2 aromatic carbocycles. The highest BCUT2D eigenvalue weighted by atomic mass is 16.5. The van der Waals surface area contributed by atoms with Gasteiger partial charge in [0, 0.05) is 0 Å². The zero-order valence-corrected chi connectivity index (χ0v) is 13.6. The average Bonchev–Trinajstić information content (AvgIpc) is 2.65. The molecule has 0 spiro atoms. The Balaban J connectivity index is 2.51. The Morgan fingerprint density at radius 2 is 1.00 bits per heavy atom. The second kappa shape index (κ2) is 8.48. The molecule has 0 heterocycles. The van der Waals surface area contributed by atoms with Gasteiger partial charge < -0.3 is 9.47 Å². The van der Waals surface area contributed by atoms with Crippen molar-refractivity contribution in [3.8, 4) is 0 Å². The van der Waals surface area contributed by atoms with Crippen LogP contribution in [0.3, 0.4) is 0 Å². The van der Waals surface area contributed by atoms with Crippen LogP contribution in [0.15, 0.2) is 72.8 Å². The molecule has 122 valence electrons. The molecule has 0 aliphatic heterocycles. The lowest BCUT2D eigenvalue weighted by molar-refractivity contribution is -0.134. The normalized spacial score (nSPS) is 11.8. The highest BCUT2D eigenvalue weighted by Crippen LogP contribution is 2.20. The number of rotatable bonds is 5. The first kappa shape index (κ1) is 17.2. The van der Waals surface area contributed by atoms with Crippen molar-refractivity contribution in [1.29, 1.82) is 0 Å². The van der Waals surface area contributed by atoms with Crippen LogP contribution in [-0.4, -0.2) is 26.2 Å². The zero-order chi connectivity index (χ0) is 17.4. The largest absolute Gasteiger partial charge is 0.465 e. The fourth-order valence-corrected chi connectivity index (χ4v) is 2.19. The molecule has 0 bridgehead atoms. The molecule has 0 amide bonds. The molecular weight excluding hydrogens is 304 g/mol. The predicted octanol–water partition coefficient (Wildman–Crippen LogP) is 3.50. The highest BCUT2D eigenvalue weighted by molar-refractivity contribution is 6.20. The molecule has 0 atom stereocenters. The summed E-state index contributed by atoms with van der Waals surface area (Å²) in [6, 6.07) is 18.2. The molecule has 2 aromatic rings. The Kier molecular flexibility index (Phi) is 6.08. The van der Waals surface area contributed by atoms with Crippen LogP contribution in [0, 0.1) is 0 Å². The van der Waals surface area contributed by atoms with Gasteiger partial charge in [-0.1, -0.05) is 60.7 Å². The van der Waals surface area contributed by atoms with Crippen molar-refractivity contribution < 1.29 is 19.1 Å². The summed E-state index contributed by atoms with van der Waals surface area (Å²) in [6.45, 7) is 0. The minimum Gasteiger partial charge on any atom is -0.465 e. The average molecular weight is 322 g/mol. The smallest absolute Gasteiger partial charge is 0.338 e. The van der Waals surface area contributed by atoms with Crippen LogP contribution < -0.4 is 0 Å². The van der Waals surface area contributed by atoms with Gasteiger partial charge in [0.1, 0.15) is 0 Å². The number of hydrogen-bond acceptors (Lipinski definition) is 4. The Labute approximate surface area is 141 Å². The van der Waals surface area contributed by atoms with Crippen LogP contribution in [0.4, 0.5) is 0 Å². The minimum absolute atomic E-state index is 0.357. The van der Waals surface area contributed by atoms with Gasteiger partial charge in [-0.15, -0.1) is 0 Å². The van der Waals surface area contributed by atoms with Gasteiger partial charge in [0.05, 0.1) is 25.4 Å². The molecule has 0 fully saturated rings. The van der Waals surface area contributed by atoms with E-state index in [1.54, 1.807) is 36.4 Å². The molecule has 0 saturated carbocycles. The second-order valence-electron chi connectivity index (χ2n) is 4.88. The van der Waals surface area contributed by atoms with Crippen LogP contribution >= 0.6 is 0 Å². The predicted molar refractivity (Wildman–Crippen MR) is 92.9 cm³/mol. The molecule has 0 aliphatic carbocycles. The third kappa shape index (κ3) is 4.20. The zero-order valence-electron chi connectivity index (χ0n) is 13.6. The van der Waals surface area contributed by atoms with E-state index in [4.69, 9.17) is 9.47 Å². The molecule has 0 unspecified atom stereocenters. The Morgan fingerprint density at radius 3 is 1.29 bits per heavy atom. The van der Waals surface area contributed by atoms with Gasteiger partial charge in [0.15, 0.2) is 0 Å². The highest BCUT2D eigenvalue weighted by Gasteiger charge is 2.14. The van der Waals surface area contributed by atoms with Crippen molar-refractivity contribution in [2.75, 3.05) is 14.2 Å². The summed E-state index contributed by atoms with van der Waals surface area (Å²) in [6.07, 6.45) is 3.14. The number of esters is 2. The van der Waals surface area contributed by atoms with Crippen molar-refractivity contribution in [2.24, 2.45) is 0 Å². The number of methoxy groups -OCH3 is 2. The number of ether oxygens (including phenoxy) is 2. The first-order valence-corrected chi connectivity index (χ1v) is 7.37. The van der Waals surface area contributed by atoms with Gasteiger partial charge in [-0.3, -0.25) is 0 Å². The lowest BCUT2D eigenvalue weighted by atomic mass is 10.0. The molecule has 0 aliphatic rings. The van der Waals surface area contributed by atoms with Crippen LogP contribution in [0.2, 0.25) is 0 Å². The number of allylic oxidation sites excluding steroid dienone is 2. The quantitative estimate of drug-likeness (QED) is 0.480. The van der Waals surface area contributed by atoms with Gasteiger partial charge in [-0.05, 0) is 23.3 Å². The van der Waals surface area contributed by atoms with E-state index in [9.17, 15) is 9.59 Å². The van der Waals surface area contributed by atoms with Gasteiger partial charge in [0.2, 0.25) is 0 Å². The van der Waals surface area contributed by atoms with E-state index in [2.05, 4.69) is 0 Å². The van der Waals surface area contributed by atoms with E-state index >= 15 is 0 Å². The van der Waals surface area contributed by atoms with Crippen molar-refractivity contribution in [3.05, 3.63) is 83.9 Å². The van der Waals surface area contributed by atoms with E-state index in [1.165, 1.54) is 14.2 Å². The molecule has 4 nitrogen and oxygen atoms in total.